The van der Waals surface area contributed by atoms with Crippen molar-refractivity contribution in [2.24, 2.45) is 0 Å². The molecule has 3 N–H and O–H groups in total. The molecule has 10 nitrogen and oxygen atoms in total. The predicted molar refractivity (Wildman–Crippen MR) is 167 cm³/mol. The second kappa shape index (κ2) is 12.0. The second-order valence-corrected chi connectivity index (χ2v) is 11.6. The third-order valence-corrected chi connectivity index (χ3v) is 8.47. The van der Waals surface area contributed by atoms with Gasteiger partial charge < -0.3 is 29.7 Å². The molecule has 0 radical (unpaired) electrons. The van der Waals surface area contributed by atoms with Gasteiger partial charge in [-0.1, -0.05) is 72.8 Å². The molecule has 1 aliphatic rings. The third-order valence-electron chi connectivity index (χ3n) is 8.06. The Balaban J connectivity index is 1.57. The van der Waals surface area contributed by atoms with E-state index in [1.807, 2.05) is 67.6 Å². The Kier molecular flexibility index (Phi) is 8.17. The number of rotatable bonds is 10. The van der Waals surface area contributed by atoms with Crippen molar-refractivity contribution in [2.45, 2.75) is 42.7 Å². The molecule has 0 saturated carbocycles. The van der Waals surface area contributed by atoms with Crippen molar-refractivity contribution >= 4 is 28.7 Å². The van der Waals surface area contributed by atoms with Crippen LogP contribution in [-0.2, 0) is 10.3 Å². The van der Waals surface area contributed by atoms with Gasteiger partial charge in [0, 0.05) is 0 Å². The van der Waals surface area contributed by atoms with Gasteiger partial charge in [0.05, 0.1) is 26.7 Å². The number of hydrogen-bond donors (Lipinski definition) is 3. The monoisotopic (exact) mass is 615 g/mol. The minimum atomic E-state index is -1.27. The minimum absolute atomic E-state index is 0.264. The Morgan fingerprint density at radius 2 is 1.59 bits per heavy atom. The second-order valence-electron chi connectivity index (χ2n) is 10.8. The summed E-state index contributed by atoms with van der Waals surface area (Å²) in [6.07, 6.45) is -1.34. The molecule has 1 unspecified atom stereocenters. The van der Waals surface area contributed by atoms with E-state index in [1.54, 1.807) is 18.6 Å². The van der Waals surface area contributed by atoms with E-state index in [0.717, 1.165) is 22.4 Å². The summed E-state index contributed by atoms with van der Waals surface area (Å²) in [5, 5.41) is 24.3. The first kappa shape index (κ1) is 29.8. The first-order chi connectivity index (χ1) is 21.3. The normalized spacial score (nSPS) is 21.8. The van der Waals surface area contributed by atoms with Crippen LogP contribution in [0.4, 0.5) is 5.95 Å². The van der Waals surface area contributed by atoms with Crippen molar-refractivity contribution in [2.75, 3.05) is 25.6 Å². The number of benzene rings is 3. The molecule has 5 aromatic rings. The van der Waals surface area contributed by atoms with Crippen LogP contribution in [0.5, 0.6) is 11.6 Å². The van der Waals surface area contributed by atoms with Crippen molar-refractivity contribution in [3.8, 4) is 11.6 Å². The van der Waals surface area contributed by atoms with E-state index in [2.05, 4.69) is 34.6 Å². The summed E-state index contributed by atoms with van der Waals surface area (Å²) in [4.78, 5) is 13.0. The molecule has 2 aromatic heterocycles. The first-order valence-electron chi connectivity index (χ1n) is 14.4. The number of methoxy groups -OCH3 is 1. The lowest BCUT2D eigenvalue weighted by Crippen LogP contribution is -2.39. The molecule has 11 heteroatoms. The molecule has 0 amide bonds. The Hall–Kier alpha value is -4.22. The van der Waals surface area contributed by atoms with Gasteiger partial charge in [-0.3, -0.25) is 4.57 Å². The maximum atomic E-state index is 10.8. The standard InChI is InChI=1S/C33H34ClN5O5/c1-4-43-29-26-28(39(20-35-26)30-32(2,34)27(41)25(19-40)44-30)36-31(37-29)38-33(21-11-7-5-8-12-21,22-13-9-6-10-14-22)23-15-17-24(42-3)18-16-23/h5-18,20,25,27,30,40-41H,4,19H2,1-3H3,(H,36,37,38)/t25-,27-,30?,32-/m1/s1. The summed E-state index contributed by atoms with van der Waals surface area (Å²) in [6.45, 7) is 3.48. The van der Waals surface area contributed by atoms with Crippen LogP contribution in [0, 0.1) is 0 Å². The van der Waals surface area contributed by atoms with Crippen LogP contribution in [0.1, 0.15) is 36.8 Å². The lowest BCUT2D eigenvalue weighted by atomic mass is 9.77. The fourth-order valence-corrected chi connectivity index (χ4v) is 6.12. The van der Waals surface area contributed by atoms with Crippen LogP contribution in [0.2, 0.25) is 0 Å². The topological polar surface area (TPSA) is 124 Å². The van der Waals surface area contributed by atoms with E-state index in [0.29, 0.717) is 17.8 Å². The third kappa shape index (κ3) is 5.03. The molecule has 228 valence electrons. The minimum Gasteiger partial charge on any atom is -0.497 e. The molecule has 44 heavy (non-hydrogen) atoms. The molecule has 4 atom stereocenters. The van der Waals surface area contributed by atoms with Gasteiger partial charge in [0.2, 0.25) is 11.8 Å². The summed E-state index contributed by atoms with van der Waals surface area (Å²) < 4.78 is 19.1. The molecular weight excluding hydrogens is 582 g/mol. The number of aliphatic hydroxyl groups is 2. The van der Waals surface area contributed by atoms with Gasteiger partial charge in [0.1, 0.15) is 28.4 Å². The maximum Gasteiger partial charge on any atom is 0.247 e. The lowest BCUT2D eigenvalue weighted by molar-refractivity contribution is -0.0441. The predicted octanol–water partition coefficient (Wildman–Crippen LogP) is 4.89. The Bertz CT molecular complexity index is 1680. The zero-order valence-corrected chi connectivity index (χ0v) is 25.3. The largest absolute Gasteiger partial charge is 0.497 e. The molecule has 1 aliphatic heterocycles. The Morgan fingerprint density at radius 1 is 0.977 bits per heavy atom. The number of nitrogens with one attached hydrogen (secondary N) is 1. The van der Waals surface area contributed by atoms with E-state index in [1.165, 1.54) is 6.33 Å². The van der Waals surface area contributed by atoms with E-state index >= 15 is 0 Å². The van der Waals surface area contributed by atoms with Crippen LogP contribution >= 0.6 is 11.6 Å². The van der Waals surface area contributed by atoms with Crippen LogP contribution in [-0.4, -0.2) is 67.1 Å². The summed E-state index contributed by atoms with van der Waals surface area (Å²) in [5.74, 6) is 1.27. The number of aliphatic hydroxyl groups excluding tert-OH is 2. The number of aromatic nitrogens is 4. The smallest absolute Gasteiger partial charge is 0.247 e. The molecule has 0 aliphatic carbocycles. The van der Waals surface area contributed by atoms with Gasteiger partial charge in [0.25, 0.3) is 0 Å². The fourth-order valence-electron chi connectivity index (χ4n) is 5.82. The number of alkyl halides is 1. The zero-order chi connectivity index (χ0) is 30.9. The molecule has 0 bridgehead atoms. The van der Waals surface area contributed by atoms with Crippen LogP contribution in [0.25, 0.3) is 11.2 Å². The maximum absolute atomic E-state index is 10.8. The molecule has 6 rings (SSSR count). The highest BCUT2D eigenvalue weighted by Gasteiger charge is 2.53. The van der Waals surface area contributed by atoms with Gasteiger partial charge in [-0.15, -0.1) is 11.6 Å². The van der Waals surface area contributed by atoms with E-state index in [9.17, 15) is 10.2 Å². The SMILES string of the molecule is CCOc1nc(NC(c2ccccc2)(c2ccccc2)c2ccc(OC)cc2)nc2c1ncn2C1O[C@H](CO)[C@@H](O)[C@@]1(C)Cl. The summed E-state index contributed by atoms with van der Waals surface area (Å²) in [6, 6.07) is 28.0. The van der Waals surface area contributed by atoms with E-state index in [4.69, 9.17) is 35.8 Å². The molecule has 3 heterocycles. The van der Waals surface area contributed by atoms with Gasteiger partial charge in [-0.25, -0.2) is 4.98 Å². The van der Waals surface area contributed by atoms with Crippen molar-refractivity contribution in [1.29, 1.82) is 0 Å². The zero-order valence-electron chi connectivity index (χ0n) is 24.6. The van der Waals surface area contributed by atoms with E-state index < -0.39 is 35.5 Å². The van der Waals surface area contributed by atoms with Crippen molar-refractivity contribution in [3.63, 3.8) is 0 Å². The lowest BCUT2D eigenvalue weighted by Gasteiger charge is -2.37. The number of ether oxygens (including phenoxy) is 3. The summed E-state index contributed by atoms with van der Waals surface area (Å²) in [5.41, 5.74) is 2.68. The van der Waals surface area contributed by atoms with Crippen LogP contribution in [0.3, 0.4) is 0 Å². The number of anilines is 1. The van der Waals surface area contributed by atoms with Crippen LogP contribution < -0.4 is 14.8 Å². The van der Waals surface area contributed by atoms with Crippen molar-refractivity contribution < 1.29 is 24.4 Å². The van der Waals surface area contributed by atoms with Gasteiger partial charge in [-0.2, -0.15) is 9.97 Å². The van der Waals surface area contributed by atoms with Gasteiger partial charge >= 0.3 is 0 Å². The summed E-state index contributed by atoms with van der Waals surface area (Å²) >= 11 is 6.83. The average molecular weight is 616 g/mol. The quantitative estimate of drug-likeness (QED) is 0.149. The number of nitrogens with zero attached hydrogens (tertiary/aromatic N) is 4. The average Bonchev–Trinajstić information content (AvgIpc) is 3.58. The Morgan fingerprint density at radius 3 is 2.14 bits per heavy atom. The highest BCUT2D eigenvalue weighted by Crippen LogP contribution is 2.45. The number of halogens is 1. The number of hydrogen-bond acceptors (Lipinski definition) is 9. The van der Waals surface area contributed by atoms with E-state index in [-0.39, 0.29) is 11.8 Å². The highest BCUT2D eigenvalue weighted by atomic mass is 35.5. The van der Waals surface area contributed by atoms with Gasteiger partial charge in [-0.05, 0) is 42.7 Å². The molecule has 1 saturated heterocycles. The van der Waals surface area contributed by atoms with Crippen LogP contribution in [0.15, 0.2) is 91.3 Å². The molecule has 3 aromatic carbocycles. The van der Waals surface area contributed by atoms with Crippen molar-refractivity contribution in [1.82, 2.24) is 19.5 Å². The van der Waals surface area contributed by atoms with Crippen molar-refractivity contribution in [3.05, 3.63) is 108 Å². The fraction of sp³-hybridized carbons (Fsp3) is 0.303. The first-order valence-corrected chi connectivity index (χ1v) is 14.8. The van der Waals surface area contributed by atoms with Gasteiger partial charge in [0.15, 0.2) is 17.4 Å². The Labute approximate surface area is 260 Å². The molecule has 0 spiro atoms. The highest BCUT2D eigenvalue weighted by molar-refractivity contribution is 6.24. The number of fused-ring (bicyclic) bond motifs is 1. The molecular formula is C33H34ClN5O5. The molecule has 1 fully saturated rings. The summed E-state index contributed by atoms with van der Waals surface area (Å²) in [7, 11) is 1.64. The number of imidazole rings is 1.